The lowest BCUT2D eigenvalue weighted by molar-refractivity contribution is -0.492. The minimum Gasteiger partial charge on any atom is -0.467 e. The van der Waals surface area contributed by atoms with Gasteiger partial charge >= 0.3 is 0 Å². The fraction of sp³-hybridized carbons (Fsp3) is 0.526. The van der Waals surface area contributed by atoms with Gasteiger partial charge in [0.15, 0.2) is 13.0 Å². The van der Waals surface area contributed by atoms with Crippen LogP contribution in [0.15, 0.2) is 46.3 Å². The van der Waals surface area contributed by atoms with Crippen molar-refractivity contribution in [3.63, 3.8) is 0 Å². The summed E-state index contributed by atoms with van der Waals surface area (Å²) in [5, 5.41) is 0. The van der Waals surface area contributed by atoms with Crippen molar-refractivity contribution < 1.29 is 14.0 Å². The van der Waals surface area contributed by atoms with Crippen LogP contribution in [-0.2, 0) is 9.47 Å². The van der Waals surface area contributed by atoms with E-state index in [1.54, 1.807) is 7.11 Å². The van der Waals surface area contributed by atoms with Gasteiger partial charge in [-0.3, -0.25) is 0 Å². The molecule has 4 nitrogen and oxygen atoms in total. The maximum Gasteiger partial charge on any atom is 0.188 e. The van der Waals surface area contributed by atoms with Crippen LogP contribution >= 0.6 is 0 Å². The smallest absolute Gasteiger partial charge is 0.188 e. The van der Waals surface area contributed by atoms with Gasteiger partial charge < -0.3 is 15.2 Å². The zero-order chi connectivity index (χ0) is 17.2. The molecule has 1 heterocycles. The van der Waals surface area contributed by atoms with Crippen molar-refractivity contribution in [1.82, 2.24) is 0 Å². The molecule has 23 heavy (non-hydrogen) atoms. The van der Waals surface area contributed by atoms with E-state index >= 15 is 0 Å². The molecule has 0 bridgehead atoms. The number of nitrogens with zero attached hydrogens (tertiary/aromatic N) is 1. The third-order valence-electron chi connectivity index (χ3n) is 3.88. The van der Waals surface area contributed by atoms with E-state index in [1.165, 1.54) is 16.7 Å². The number of rotatable bonds is 8. The second-order valence-electron chi connectivity index (χ2n) is 5.81. The molecule has 0 saturated heterocycles. The summed E-state index contributed by atoms with van der Waals surface area (Å²) in [6.45, 7) is 8.17. The Balaban J connectivity index is 3.09. The van der Waals surface area contributed by atoms with E-state index in [0.29, 0.717) is 6.54 Å². The van der Waals surface area contributed by atoms with Crippen molar-refractivity contribution in [1.29, 1.82) is 0 Å². The first-order chi connectivity index (χ1) is 11.0. The van der Waals surface area contributed by atoms with Crippen LogP contribution in [0.2, 0.25) is 0 Å². The highest BCUT2D eigenvalue weighted by atomic mass is 16.7. The van der Waals surface area contributed by atoms with Crippen LogP contribution in [0, 0.1) is 0 Å². The Kier molecular flexibility index (Phi) is 8.59. The van der Waals surface area contributed by atoms with Crippen molar-refractivity contribution in [2.45, 2.75) is 33.6 Å². The van der Waals surface area contributed by atoms with E-state index in [0.717, 1.165) is 30.7 Å². The van der Waals surface area contributed by atoms with E-state index in [2.05, 4.69) is 50.8 Å². The van der Waals surface area contributed by atoms with Gasteiger partial charge in [0.1, 0.15) is 19.4 Å². The Bertz CT molecular complexity index is 552. The molecule has 0 spiro atoms. The lowest BCUT2D eigenvalue weighted by Crippen LogP contribution is -2.21. The number of hydrogen-bond donors (Lipinski definition) is 1. The highest BCUT2D eigenvalue weighted by Gasteiger charge is 2.16. The molecule has 4 heteroatoms. The van der Waals surface area contributed by atoms with Crippen molar-refractivity contribution in [3.8, 4) is 0 Å². The van der Waals surface area contributed by atoms with Crippen molar-refractivity contribution in [2.24, 2.45) is 5.73 Å². The molecule has 1 rings (SSSR count). The topological polar surface area (TPSA) is 47.5 Å². The predicted octanol–water partition coefficient (Wildman–Crippen LogP) is 3.17. The van der Waals surface area contributed by atoms with E-state index in [9.17, 15) is 0 Å². The van der Waals surface area contributed by atoms with Crippen molar-refractivity contribution >= 4 is 6.21 Å². The molecule has 1 aliphatic rings. The monoisotopic (exact) mass is 319 g/mol. The molecular formula is C19H31N2O2+. The largest absolute Gasteiger partial charge is 0.467 e. The van der Waals surface area contributed by atoms with Gasteiger partial charge in [0.25, 0.3) is 0 Å². The number of allylic oxidation sites excluding steroid dienone is 6. The van der Waals surface area contributed by atoms with Gasteiger partial charge in [0.2, 0.25) is 0 Å². The first-order valence-electron chi connectivity index (χ1n) is 8.18. The molecule has 0 saturated carbocycles. The quantitative estimate of drug-likeness (QED) is 0.323. The molecular weight excluding hydrogens is 288 g/mol. The zero-order valence-electron chi connectivity index (χ0n) is 15.2. The van der Waals surface area contributed by atoms with Gasteiger partial charge in [-0.05, 0) is 43.1 Å². The van der Waals surface area contributed by atoms with Crippen LogP contribution in [-0.4, -0.2) is 44.8 Å². The second kappa shape index (κ2) is 10.2. The average Bonchev–Trinajstić information content (AvgIpc) is 2.54. The van der Waals surface area contributed by atoms with Gasteiger partial charge in [-0.25, -0.2) is 4.58 Å². The highest BCUT2D eigenvalue weighted by molar-refractivity contribution is 5.83. The van der Waals surface area contributed by atoms with Crippen LogP contribution < -0.4 is 5.73 Å². The Hall–Kier alpha value is -1.65. The molecule has 2 N–H and O–H groups in total. The van der Waals surface area contributed by atoms with Gasteiger partial charge in [-0.2, -0.15) is 0 Å². The fourth-order valence-electron chi connectivity index (χ4n) is 2.53. The molecule has 0 amide bonds. The van der Waals surface area contributed by atoms with Crippen molar-refractivity contribution in [2.75, 3.05) is 34.0 Å². The molecule has 128 valence electrons. The molecule has 1 aliphatic heterocycles. The maximum atomic E-state index is 5.90. The van der Waals surface area contributed by atoms with Gasteiger partial charge in [-0.15, -0.1) is 0 Å². The average molecular weight is 319 g/mol. The Morgan fingerprint density at radius 3 is 2.70 bits per heavy atom. The van der Waals surface area contributed by atoms with Crippen LogP contribution in [0.3, 0.4) is 0 Å². The minimum absolute atomic E-state index is 0.249. The number of hydrogen-bond acceptors (Lipinski definition) is 3. The number of nitrogens with two attached hydrogens (primary N) is 1. The van der Waals surface area contributed by atoms with Crippen LogP contribution in [0.25, 0.3) is 0 Å². The number of ether oxygens (including phenoxy) is 2. The summed E-state index contributed by atoms with van der Waals surface area (Å²) in [5.41, 5.74) is 10.8. The fourth-order valence-corrected chi connectivity index (χ4v) is 2.53. The van der Waals surface area contributed by atoms with Gasteiger partial charge in [0, 0.05) is 25.6 Å². The summed E-state index contributed by atoms with van der Waals surface area (Å²) in [5.74, 6) is 0.840. The lowest BCUT2D eigenvalue weighted by Gasteiger charge is -2.14. The van der Waals surface area contributed by atoms with E-state index < -0.39 is 0 Å². The van der Waals surface area contributed by atoms with Gasteiger partial charge in [0.05, 0.1) is 0 Å². The van der Waals surface area contributed by atoms with Crippen LogP contribution in [0.5, 0.6) is 0 Å². The minimum atomic E-state index is 0.249. The molecule has 0 aromatic carbocycles. The Morgan fingerprint density at radius 1 is 1.35 bits per heavy atom. The second-order valence-corrected chi connectivity index (χ2v) is 5.81. The SMILES string of the molecule is CC/C=C(C)/C(=C\C=C(/C)C1=C(CN)CC[N+](C)=C1)OCOC. The summed E-state index contributed by atoms with van der Waals surface area (Å²) in [6, 6.07) is 0. The van der Waals surface area contributed by atoms with Crippen LogP contribution in [0.4, 0.5) is 0 Å². The molecule has 0 atom stereocenters. The third-order valence-corrected chi connectivity index (χ3v) is 3.88. The summed E-state index contributed by atoms with van der Waals surface area (Å²) in [7, 11) is 3.72. The highest BCUT2D eigenvalue weighted by Crippen LogP contribution is 2.20. The predicted molar refractivity (Wildman–Crippen MR) is 96.7 cm³/mol. The van der Waals surface area contributed by atoms with Crippen molar-refractivity contribution in [3.05, 3.63) is 46.3 Å². The summed E-state index contributed by atoms with van der Waals surface area (Å²) in [4.78, 5) is 0. The molecule has 0 aliphatic carbocycles. The van der Waals surface area contributed by atoms with Crippen LogP contribution in [0.1, 0.15) is 33.6 Å². The molecule has 0 aromatic rings. The van der Waals surface area contributed by atoms with E-state index in [-0.39, 0.29) is 6.79 Å². The van der Waals surface area contributed by atoms with Gasteiger partial charge in [-0.1, -0.05) is 19.1 Å². The standard InChI is InChI=1S/C19H31N2O2/c1-6-7-16(3)19(23-14-22-5)9-8-15(2)18-13-21(4)11-10-17(18)12-20/h7-9,13H,6,10-12,14,20H2,1-5H3/q+1/b15-8+,16-7+,19-9+. The molecule has 0 aromatic heterocycles. The lowest BCUT2D eigenvalue weighted by atomic mass is 9.96. The first-order valence-corrected chi connectivity index (χ1v) is 8.18. The first kappa shape index (κ1) is 19.4. The van der Waals surface area contributed by atoms with E-state index in [1.807, 2.05) is 6.08 Å². The normalized spacial score (nSPS) is 17.5. The number of methoxy groups -OCH3 is 1. The zero-order valence-corrected chi connectivity index (χ0v) is 15.2. The Labute approximate surface area is 140 Å². The molecule has 0 fully saturated rings. The molecule has 0 unspecified atom stereocenters. The molecule has 0 radical (unpaired) electrons. The van der Waals surface area contributed by atoms with E-state index in [4.69, 9.17) is 15.2 Å². The summed E-state index contributed by atoms with van der Waals surface area (Å²) < 4.78 is 12.9. The third kappa shape index (κ3) is 6.16. The Morgan fingerprint density at radius 2 is 2.09 bits per heavy atom. The maximum absolute atomic E-state index is 5.90. The summed E-state index contributed by atoms with van der Waals surface area (Å²) >= 11 is 0. The summed E-state index contributed by atoms with van der Waals surface area (Å²) in [6.07, 6.45) is 10.4.